The van der Waals surface area contributed by atoms with Crippen molar-refractivity contribution >= 4 is 11.0 Å². The van der Waals surface area contributed by atoms with Gasteiger partial charge in [0.25, 0.3) is 0 Å². The molecule has 0 N–H and O–H groups in total. The number of hydrogen-bond acceptors (Lipinski definition) is 2. The van der Waals surface area contributed by atoms with Gasteiger partial charge in [-0.05, 0) is 42.8 Å². The third-order valence-electron chi connectivity index (χ3n) is 3.72. The van der Waals surface area contributed by atoms with Crippen molar-refractivity contribution in [2.45, 2.75) is 26.3 Å². The molecule has 1 aromatic heterocycles. The second-order valence-corrected chi connectivity index (χ2v) is 5.23. The zero-order valence-corrected chi connectivity index (χ0v) is 12.4. The summed E-state index contributed by atoms with van der Waals surface area (Å²) in [5.41, 5.74) is 3.14. The molecule has 2 aromatic carbocycles. The molecule has 0 amide bonds. The van der Waals surface area contributed by atoms with Crippen LogP contribution in [-0.2, 0) is 6.54 Å². The van der Waals surface area contributed by atoms with Gasteiger partial charge in [-0.1, -0.05) is 19.4 Å². The van der Waals surface area contributed by atoms with E-state index in [-0.39, 0.29) is 5.82 Å². The normalized spacial score (nSPS) is 10.8. The SMILES string of the molecule is CCCCn1c(-c2ccc(F)cc2)nc2cccc(C#N)c21. The molecule has 3 nitrogen and oxygen atoms in total. The van der Waals surface area contributed by atoms with Gasteiger partial charge in [-0.3, -0.25) is 0 Å². The highest BCUT2D eigenvalue weighted by molar-refractivity contribution is 5.85. The maximum absolute atomic E-state index is 13.2. The Morgan fingerprint density at radius 2 is 1.95 bits per heavy atom. The Morgan fingerprint density at radius 1 is 1.18 bits per heavy atom. The lowest BCUT2D eigenvalue weighted by molar-refractivity contribution is 0.627. The molecule has 110 valence electrons. The van der Waals surface area contributed by atoms with E-state index in [1.165, 1.54) is 12.1 Å². The third-order valence-corrected chi connectivity index (χ3v) is 3.72. The number of nitriles is 1. The van der Waals surface area contributed by atoms with Crippen LogP contribution in [0.5, 0.6) is 0 Å². The molecule has 0 atom stereocenters. The van der Waals surface area contributed by atoms with Crippen molar-refractivity contribution in [2.24, 2.45) is 0 Å². The molecule has 0 unspecified atom stereocenters. The van der Waals surface area contributed by atoms with Crippen molar-refractivity contribution in [3.8, 4) is 17.5 Å². The Bertz CT molecular complexity index is 841. The van der Waals surface area contributed by atoms with E-state index in [1.54, 1.807) is 18.2 Å². The summed E-state index contributed by atoms with van der Waals surface area (Å²) >= 11 is 0. The lowest BCUT2D eigenvalue weighted by atomic mass is 10.2. The number of halogens is 1. The Kier molecular flexibility index (Phi) is 3.88. The van der Waals surface area contributed by atoms with Crippen molar-refractivity contribution < 1.29 is 4.39 Å². The van der Waals surface area contributed by atoms with Crippen molar-refractivity contribution in [1.82, 2.24) is 9.55 Å². The van der Waals surface area contributed by atoms with Crippen LogP contribution < -0.4 is 0 Å². The topological polar surface area (TPSA) is 41.6 Å². The second kappa shape index (κ2) is 5.98. The fraction of sp³-hybridized carbons (Fsp3) is 0.222. The van der Waals surface area contributed by atoms with Crippen LogP contribution in [0.2, 0.25) is 0 Å². The van der Waals surface area contributed by atoms with Gasteiger partial charge >= 0.3 is 0 Å². The number of fused-ring (bicyclic) bond motifs is 1. The number of aryl methyl sites for hydroxylation is 1. The highest BCUT2D eigenvalue weighted by atomic mass is 19.1. The average molecular weight is 293 g/mol. The smallest absolute Gasteiger partial charge is 0.141 e. The summed E-state index contributed by atoms with van der Waals surface area (Å²) in [6.45, 7) is 2.92. The summed E-state index contributed by atoms with van der Waals surface area (Å²) in [5.74, 6) is 0.517. The van der Waals surface area contributed by atoms with E-state index in [4.69, 9.17) is 0 Å². The van der Waals surface area contributed by atoms with Crippen LogP contribution in [0.25, 0.3) is 22.4 Å². The molecule has 0 bridgehead atoms. The van der Waals surface area contributed by atoms with E-state index in [9.17, 15) is 9.65 Å². The highest BCUT2D eigenvalue weighted by Gasteiger charge is 2.15. The Balaban J connectivity index is 2.25. The molecule has 4 heteroatoms. The zero-order chi connectivity index (χ0) is 15.5. The van der Waals surface area contributed by atoms with E-state index in [0.717, 1.165) is 41.8 Å². The van der Waals surface area contributed by atoms with Gasteiger partial charge in [0.15, 0.2) is 0 Å². The third kappa shape index (κ3) is 2.46. The standard InChI is InChI=1S/C18H16FN3/c1-2-3-11-22-17-14(12-20)5-4-6-16(17)21-18(22)13-7-9-15(19)10-8-13/h4-10H,2-3,11H2,1H3. The molecular weight excluding hydrogens is 277 g/mol. The van der Waals surface area contributed by atoms with Gasteiger partial charge in [-0.2, -0.15) is 5.26 Å². The Hall–Kier alpha value is -2.67. The minimum absolute atomic E-state index is 0.266. The average Bonchev–Trinajstić information content (AvgIpc) is 2.92. The second-order valence-electron chi connectivity index (χ2n) is 5.23. The first-order valence-electron chi connectivity index (χ1n) is 7.40. The van der Waals surface area contributed by atoms with Gasteiger partial charge < -0.3 is 4.57 Å². The van der Waals surface area contributed by atoms with Gasteiger partial charge in [0, 0.05) is 12.1 Å². The van der Waals surface area contributed by atoms with E-state index in [2.05, 4.69) is 22.5 Å². The number of para-hydroxylation sites is 1. The number of unbranched alkanes of at least 4 members (excludes halogenated alkanes) is 1. The fourth-order valence-corrected chi connectivity index (χ4v) is 2.63. The predicted molar refractivity (Wildman–Crippen MR) is 84.8 cm³/mol. The van der Waals surface area contributed by atoms with Crippen molar-refractivity contribution in [3.05, 3.63) is 53.8 Å². The highest BCUT2D eigenvalue weighted by Crippen LogP contribution is 2.27. The fourth-order valence-electron chi connectivity index (χ4n) is 2.63. The van der Waals surface area contributed by atoms with E-state index >= 15 is 0 Å². The molecule has 0 saturated heterocycles. The molecule has 3 aromatic rings. The van der Waals surface area contributed by atoms with Gasteiger partial charge in [0.05, 0.1) is 16.6 Å². The largest absolute Gasteiger partial charge is 0.323 e. The summed E-state index contributed by atoms with van der Waals surface area (Å²) < 4.78 is 15.2. The molecular formula is C18H16FN3. The number of imidazole rings is 1. The summed E-state index contributed by atoms with van der Waals surface area (Å²) in [6, 6.07) is 14.1. The van der Waals surface area contributed by atoms with Crippen LogP contribution in [0.1, 0.15) is 25.3 Å². The van der Waals surface area contributed by atoms with Crippen LogP contribution in [-0.4, -0.2) is 9.55 Å². The lowest BCUT2D eigenvalue weighted by Crippen LogP contribution is -2.01. The quantitative estimate of drug-likeness (QED) is 0.710. The zero-order valence-electron chi connectivity index (χ0n) is 12.4. The molecule has 0 aliphatic heterocycles. The van der Waals surface area contributed by atoms with Crippen LogP contribution >= 0.6 is 0 Å². The lowest BCUT2D eigenvalue weighted by Gasteiger charge is -2.09. The number of aromatic nitrogens is 2. The number of nitrogens with zero attached hydrogens (tertiary/aromatic N) is 3. The van der Waals surface area contributed by atoms with Crippen LogP contribution in [0.15, 0.2) is 42.5 Å². The molecule has 0 spiro atoms. The first kappa shape index (κ1) is 14.3. The molecule has 0 aliphatic carbocycles. The Morgan fingerprint density at radius 3 is 2.64 bits per heavy atom. The molecule has 0 fully saturated rings. The molecule has 3 rings (SSSR count). The maximum atomic E-state index is 13.2. The summed E-state index contributed by atoms with van der Waals surface area (Å²) in [7, 11) is 0. The molecule has 22 heavy (non-hydrogen) atoms. The monoisotopic (exact) mass is 293 g/mol. The van der Waals surface area contributed by atoms with Gasteiger partial charge in [0.1, 0.15) is 17.7 Å². The summed E-state index contributed by atoms with van der Waals surface area (Å²) in [6.07, 6.45) is 2.05. The van der Waals surface area contributed by atoms with Crippen molar-refractivity contribution in [3.63, 3.8) is 0 Å². The van der Waals surface area contributed by atoms with Gasteiger partial charge in [0.2, 0.25) is 0 Å². The van der Waals surface area contributed by atoms with Gasteiger partial charge in [-0.15, -0.1) is 0 Å². The summed E-state index contributed by atoms with van der Waals surface area (Å²) in [4.78, 5) is 4.66. The van der Waals surface area contributed by atoms with Crippen molar-refractivity contribution in [2.75, 3.05) is 0 Å². The predicted octanol–water partition coefficient (Wildman–Crippen LogP) is 4.51. The summed E-state index contributed by atoms with van der Waals surface area (Å²) in [5, 5.41) is 9.36. The molecule has 0 radical (unpaired) electrons. The number of benzene rings is 2. The minimum atomic E-state index is -0.266. The first-order valence-corrected chi connectivity index (χ1v) is 7.40. The molecule has 0 aliphatic rings. The van der Waals surface area contributed by atoms with Crippen LogP contribution in [0.4, 0.5) is 4.39 Å². The number of hydrogen-bond donors (Lipinski definition) is 0. The molecule has 0 saturated carbocycles. The van der Waals surface area contributed by atoms with Crippen LogP contribution in [0, 0.1) is 17.1 Å². The first-order chi connectivity index (χ1) is 10.7. The molecule has 1 heterocycles. The van der Waals surface area contributed by atoms with Crippen LogP contribution in [0.3, 0.4) is 0 Å². The maximum Gasteiger partial charge on any atom is 0.141 e. The minimum Gasteiger partial charge on any atom is -0.323 e. The van der Waals surface area contributed by atoms with E-state index in [1.807, 2.05) is 12.1 Å². The van der Waals surface area contributed by atoms with Gasteiger partial charge in [-0.25, -0.2) is 9.37 Å². The van der Waals surface area contributed by atoms with E-state index in [0.29, 0.717) is 5.56 Å². The van der Waals surface area contributed by atoms with Crippen molar-refractivity contribution in [1.29, 1.82) is 5.26 Å². The number of rotatable bonds is 4. The Labute approximate surface area is 128 Å². The van der Waals surface area contributed by atoms with E-state index < -0.39 is 0 Å².